The lowest BCUT2D eigenvalue weighted by Gasteiger charge is -2.24. The molecule has 32 heavy (non-hydrogen) atoms. The molecule has 0 amide bonds. The van der Waals surface area contributed by atoms with Gasteiger partial charge in [-0.25, -0.2) is 9.78 Å². The van der Waals surface area contributed by atoms with E-state index in [2.05, 4.69) is 4.98 Å². The Balaban J connectivity index is 1.88. The van der Waals surface area contributed by atoms with Gasteiger partial charge in [-0.2, -0.15) is 0 Å². The van der Waals surface area contributed by atoms with E-state index in [4.69, 9.17) is 21.1 Å². The lowest BCUT2D eigenvalue weighted by atomic mass is 10.0. The number of aromatic nitrogens is 1. The van der Waals surface area contributed by atoms with Crippen molar-refractivity contribution in [3.8, 4) is 11.5 Å². The number of hydrogen-bond acceptors (Lipinski definition) is 5. The first-order chi connectivity index (χ1) is 15.0. The molecule has 0 spiro atoms. The third-order valence-electron chi connectivity index (χ3n) is 5.02. The molecule has 0 unspecified atom stereocenters. The fourth-order valence-corrected chi connectivity index (χ4v) is 3.47. The van der Waals surface area contributed by atoms with Crippen LogP contribution in [0.15, 0.2) is 42.5 Å². The minimum atomic E-state index is -1.36. The van der Waals surface area contributed by atoms with Gasteiger partial charge in [-0.15, -0.1) is 0 Å². The molecular weight excluding hydrogens is 430 g/mol. The maximum Gasteiger partial charge on any atom is 0.347 e. The number of ether oxygens (including phenoxy) is 2. The van der Waals surface area contributed by atoms with Crippen LogP contribution in [-0.2, 0) is 4.79 Å². The number of carboxylic acids is 1. The highest BCUT2D eigenvalue weighted by atomic mass is 35.5. The molecule has 3 rings (SSSR count). The van der Waals surface area contributed by atoms with Crippen molar-refractivity contribution in [2.75, 3.05) is 7.11 Å². The standard InChI is InChI=1S/C25H24ClNO5/c1-14-10-16(11-15(2)22(14)32-25(3,4)24(29)30)6-9-21(28)19-13-17-12-18(31-5)7-8-20(17)27-23(19)26/h6-13H,1-5H3,(H,29,30)/b9-6+. The Hall–Kier alpha value is -3.38. The lowest BCUT2D eigenvalue weighted by molar-refractivity contribution is -0.152. The molecule has 0 aliphatic rings. The summed E-state index contributed by atoms with van der Waals surface area (Å²) in [5.74, 6) is -0.161. The van der Waals surface area contributed by atoms with E-state index in [0.29, 0.717) is 22.6 Å². The van der Waals surface area contributed by atoms with Crippen molar-refractivity contribution in [2.45, 2.75) is 33.3 Å². The zero-order chi connectivity index (χ0) is 23.6. The topological polar surface area (TPSA) is 85.7 Å². The average molecular weight is 454 g/mol. The molecule has 1 aromatic heterocycles. The van der Waals surface area contributed by atoms with E-state index in [-0.39, 0.29) is 10.9 Å². The molecule has 0 saturated carbocycles. The number of pyridine rings is 1. The van der Waals surface area contributed by atoms with Crippen LogP contribution in [0.1, 0.15) is 40.9 Å². The number of carboxylic acid groups (broad SMARTS) is 1. The van der Waals surface area contributed by atoms with Gasteiger partial charge >= 0.3 is 5.97 Å². The molecule has 0 aliphatic carbocycles. The zero-order valence-corrected chi connectivity index (χ0v) is 19.3. The molecule has 7 heteroatoms. The number of carbonyl (C=O) groups is 2. The van der Waals surface area contributed by atoms with Crippen LogP contribution in [0.25, 0.3) is 17.0 Å². The van der Waals surface area contributed by atoms with Gasteiger partial charge in [0.15, 0.2) is 11.4 Å². The molecule has 2 aromatic carbocycles. The number of hydrogen-bond donors (Lipinski definition) is 1. The average Bonchev–Trinajstić information content (AvgIpc) is 2.73. The van der Waals surface area contributed by atoms with Crippen LogP contribution in [0.3, 0.4) is 0 Å². The van der Waals surface area contributed by atoms with E-state index in [0.717, 1.165) is 22.1 Å². The van der Waals surface area contributed by atoms with Crippen molar-refractivity contribution in [3.05, 3.63) is 69.9 Å². The second kappa shape index (κ2) is 9.01. The Kier molecular flexibility index (Phi) is 6.55. The fourth-order valence-electron chi connectivity index (χ4n) is 3.23. The number of carbonyl (C=O) groups excluding carboxylic acids is 1. The van der Waals surface area contributed by atoms with Crippen molar-refractivity contribution >= 4 is 40.3 Å². The van der Waals surface area contributed by atoms with Crippen molar-refractivity contribution in [2.24, 2.45) is 0 Å². The first-order valence-corrected chi connectivity index (χ1v) is 10.3. The number of allylic oxidation sites excluding steroid dienone is 1. The number of halogens is 1. The van der Waals surface area contributed by atoms with Crippen LogP contribution < -0.4 is 9.47 Å². The monoisotopic (exact) mass is 453 g/mol. The molecule has 1 N–H and O–H groups in total. The summed E-state index contributed by atoms with van der Waals surface area (Å²) in [6, 6.07) is 10.7. The maximum absolute atomic E-state index is 12.8. The first-order valence-electron chi connectivity index (χ1n) is 9.92. The van der Waals surface area contributed by atoms with Crippen molar-refractivity contribution in [1.29, 1.82) is 0 Å². The molecule has 0 aliphatic heterocycles. The summed E-state index contributed by atoms with van der Waals surface area (Å²) in [4.78, 5) is 28.5. The highest BCUT2D eigenvalue weighted by Crippen LogP contribution is 2.30. The molecular formula is C25H24ClNO5. The Morgan fingerprint density at radius 3 is 2.34 bits per heavy atom. The number of ketones is 1. The van der Waals surface area contributed by atoms with Crippen LogP contribution in [0.5, 0.6) is 11.5 Å². The third-order valence-corrected chi connectivity index (χ3v) is 5.31. The van der Waals surface area contributed by atoms with Gasteiger partial charge in [0.1, 0.15) is 16.7 Å². The number of nitrogens with zero attached hydrogens (tertiary/aromatic N) is 1. The van der Waals surface area contributed by atoms with Crippen molar-refractivity contribution < 1.29 is 24.2 Å². The van der Waals surface area contributed by atoms with Gasteiger partial charge in [0.2, 0.25) is 0 Å². The number of aryl methyl sites for hydroxylation is 2. The summed E-state index contributed by atoms with van der Waals surface area (Å²) in [6.45, 7) is 6.66. The Morgan fingerprint density at radius 1 is 1.09 bits per heavy atom. The van der Waals surface area contributed by atoms with Gasteiger partial charge in [0, 0.05) is 5.39 Å². The number of fused-ring (bicyclic) bond motifs is 1. The normalized spacial score (nSPS) is 11.7. The van der Waals surface area contributed by atoms with Gasteiger partial charge < -0.3 is 14.6 Å². The fraction of sp³-hybridized carbons (Fsp3) is 0.240. The largest absolute Gasteiger partial charge is 0.497 e. The van der Waals surface area contributed by atoms with E-state index < -0.39 is 11.6 Å². The van der Waals surface area contributed by atoms with Crippen molar-refractivity contribution in [1.82, 2.24) is 4.98 Å². The van der Waals surface area contributed by atoms with E-state index in [1.807, 2.05) is 26.0 Å². The molecule has 0 radical (unpaired) electrons. The number of rotatable bonds is 7. The second-order valence-electron chi connectivity index (χ2n) is 7.98. The summed E-state index contributed by atoms with van der Waals surface area (Å²) in [5, 5.41) is 10.2. The van der Waals surface area contributed by atoms with E-state index in [1.54, 1.807) is 37.5 Å². The Morgan fingerprint density at radius 2 is 1.75 bits per heavy atom. The first kappa shape index (κ1) is 23.3. The van der Waals surface area contributed by atoms with Gasteiger partial charge in [-0.1, -0.05) is 17.7 Å². The quantitative estimate of drug-likeness (QED) is 0.282. The molecule has 6 nitrogen and oxygen atoms in total. The number of methoxy groups -OCH3 is 1. The van der Waals surface area contributed by atoms with E-state index >= 15 is 0 Å². The minimum Gasteiger partial charge on any atom is -0.497 e. The smallest absolute Gasteiger partial charge is 0.347 e. The van der Waals surface area contributed by atoms with E-state index in [1.165, 1.54) is 19.9 Å². The van der Waals surface area contributed by atoms with Gasteiger partial charge in [-0.05, 0) is 86.9 Å². The maximum atomic E-state index is 12.8. The minimum absolute atomic E-state index is 0.129. The molecule has 1 heterocycles. The molecule has 166 valence electrons. The van der Waals surface area contributed by atoms with Crippen LogP contribution in [0, 0.1) is 13.8 Å². The Labute approximate surface area is 191 Å². The molecule has 3 aromatic rings. The highest BCUT2D eigenvalue weighted by molar-refractivity contribution is 6.34. The summed E-state index contributed by atoms with van der Waals surface area (Å²) in [6.07, 6.45) is 3.12. The third kappa shape index (κ3) is 4.92. The lowest BCUT2D eigenvalue weighted by Crippen LogP contribution is -2.38. The van der Waals surface area contributed by atoms with Crippen molar-refractivity contribution in [3.63, 3.8) is 0 Å². The number of aliphatic carboxylic acids is 1. The van der Waals surface area contributed by atoms with Crippen LogP contribution in [-0.4, -0.2) is 34.6 Å². The van der Waals surface area contributed by atoms with Crippen LogP contribution in [0.4, 0.5) is 0 Å². The molecule has 0 fully saturated rings. The summed E-state index contributed by atoms with van der Waals surface area (Å²) in [7, 11) is 1.57. The molecule has 0 saturated heterocycles. The molecule has 0 atom stereocenters. The zero-order valence-electron chi connectivity index (χ0n) is 18.5. The SMILES string of the molecule is COc1ccc2nc(Cl)c(C(=O)/C=C/c3cc(C)c(OC(C)(C)C(=O)O)c(C)c3)cc2c1. The van der Waals surface area contributed by atoms with Gasteiger partial charge in [0.05, 0.1) is 18.2 Å². The Bertz CT molecular complexity index is 1220. The van der Waals surface area contributed by atoms with Crippen LogP contribution >= 0.6 is 11.6 Å². The number of benzene rings is 2. The summed E-state index contributed by atoms with van der Waals surface area (Å²) >= 11 is 6.25. The molecule has 0 bridgehead atoms. The predicted molar refractivity (Wildman–Crippen MR) is 125 cm³/mol. The summed E-state index contributed by atoms with van der Waals surface area (Å²) in [5.41, 5.74) is 1.92. The predicted octanol–water partition coefficient (Wildman–Crippen LogP) is 5.65. The second-order valence-corrected chi connectivity index (χ2v) is 8.34. The van der Waals surface area contributed by atoms with E-state index in [9.17, 15) is 14.7 Å². The summed E-state index contributed by atoms with van der Waals surface area (Å²) < 4.78 is 11.0. The van der Waals surface area contributed by atoms with Gasteiger partial charge in [-0.3, -0.25) is 4.79 Å². The van der Waals surface area contributed by atoms with Gasteiger partial charge in [0.25, 0.3) is 0 Å². The van der Waals surface area contributed by atoms with Crippen LogP contribution in [0.2, 0.25) is 5.15 Å². The highest BCUT2D eigenvalue weighted by Gasteiger charge is 2.30.